The van der Waals surface area contributed by atoms with Gasteiger partial charge in [0.25, 0.3) is 0 Å². The predicted molar refractivity (Wildman–Crippen MR) is 122 cm³/mol. The van der Waals surface area contributed by atoms with Crippen molar-refractivity contribution in [2.45, 2.75) is 37.3 Å². The van der Waals surface area contributed by atoms with Gasteiger partial charge in [-0.3, -0.25) is 0 Å². The summed E-state index contributed by atoms with van der Waals surface area (Å²) in [5.74, 6) is 0.341. The fraction of sp³-hybridized carbons (Fsp3) is 0.250. The van der Waals surface area contributed by atoms with Crippen LogP contribution in [-0.4, -0.2) is 15.8 Å². The topological polar surface area (TPSA) is 0 Å². The van der Waals surface area contributed by atoms with Gasteiger partial charge in [-0.15, -0.1) is 17.0 Å². The summed E-state index contributed by atoms with van der Waals surface area (Å²) in [6, 6.07) is 31.1. The summed E-state index contributed by atoms with van der Waals surface area (Å²) < 4.78 is 1.62. The van der Waals surface area contributed by atoms with Crippen LogP contribution in [0.15, 0.2) is 84.9 Å². The summed E-state index contributed by atoms with van der Waals surface area (Å²) in [4.78, 5) is 0. The first-order valence-electron chi connectivity index (χ1n) is 9.33. The van der Waals surface area contributed by atoms with E-state index in [0.29, 0.717) is 5.92 Å². The summed E-state index contributed by atoms with van der Waals surface area (Å²) in [6.07, 6.45) is 4.06. The van der Waals surface area contributed by atoms with Crippen molar-refractivity contribution in [3.63, 3.8) is 0 Å². The second-order valence-corrected chi connectivity index (χ2v) is 9.40. The van der Waals surface area contributed by atoms with Crippen LogP contribution >= 0.6 is 17.0 Å². The van der Waals surface area contributed by atoms with E-state index >= 15 is 0 Å². The van der Waals surface area contributed by atoms with Crippen LogP contribution in [0.5, 0.6) is 0 Å². The molecule has 0 N–H and O–H groups in total. The van der Waals surface area contributed by atoms with Gasteiger partial charge in [-0.2, -0.15) is 0 Å². The first kappa shape index (κ1) is 21.0. The summed E-state index contributed by atoms with van der Waals surface area (Å²) in [5, 5.41) is 1.40. The molecule has 26 heavy (non-hydrogen) atoms. The molecule has 0 aliphatic heterocycles. The van der Waals surface area contributed by atoms with E-state index < -0.39 is 0 Å². The standard InChI is InChI=1S/C24H27As.BrH/c1-2-3-12-19-25-23-18-11-10-17-22(23)24(20-13-6-4-7-14-20)21-15-8-5-9-16-21;/h4-11,13-18,24-25H,2-3,12,19H2,1H3;1H. The van der Waals surface area contributed by atoms with Gasteiger partial charge in [0.2, 0.25) is 0 Å². The summed E-state index contributed by atoms with van der Waals surface area (Å²) >= 11 is -0.0746. The minimum absolute atomic E-state index is 0. The van der Waals surface area contributed by atoms with Gasteiger partial charge in [0.05, 0.1) is 0 Å². The molecule has 0 fully saturated rings. The van der Waals surface area contributed by atoms with Gasteiger partial charge in [-0.05, 0) is 0 Å². The Bertz CT molecular complexity index is 716. The Morgan fingerprint density at radius 2 is 1.23 bits per heavy atom. The van der Waals surface area contributed by atoms with Crippen LogP contribution in [0.2, 0.25) is 5.21 Å². The van der Waals surface area contributed by atoms with E-state index in [0.717, 1.165) is 0 Å². The van der Waals surface area contributed by atoms with Crippen molar-refractivity contribution in [2.75, 3.05) is 0 Å². The molecule has 0 aromatic heterocycles. The van der Waals surface area contributed by atoms with Crippen molar-refractivity contribution in [1.29, 1.82) is 0 Å². The molecule has 0 amide bonds. The summed E-state index contributed by atoms with van der Waals surface area (Å²) in [5.41, 5.74) is 4.29. The average molecular weight is 471 g/mol. The van der Waals surface area contributed by atoms with Crippen molar-refractivity contribution in [3.8, 4) is 0 Å². The number of benzene rings is 3. The van der Waals surface area contributed by atoms with Crippen LogP contribution in [0.4, 0.5) is 0 Å². The molecule has 136 valence electrons. The number of rotatable bonds is 8. The Labute approximate surface area is 175 Å². The first-order valence-corrected chi connectivity index (χ1v) is 11.9. The van der Waals surface area contributed by atoms with Crippen LogP contribution < -0.4 is 4.35 Å². The molecule has 3 rings (SSSR count). The third kappa shape index (κ3) is 5.60. The second-order valence-electron chi connectivity index (χ2n) is 6.48. The molecular weight excluding hydrogens is 443 g/mol. The molecule has 2 heteroatoms. The van der Waals surface area contributed by atoms with Gasteiger partial charge in [-0.25, -0.2) is 0 Å². The molecule has 1 unspecified atom stereocenters. The monoisotopic (exact) mass is 470 g/mol. The molecule has 0 nitrogen and oxygen atoms in total. The van der Waals surface area contributed by atoms with Crippen LogP contribution in [0.3, 0.4) is 0 Å². The maximum atomic E-state index is 2.38. The predicted octanol–water partition coefficient (Wildman–Crippen LogP) is 6.12. The van der Waals surface area contributed by atoms with Gasteiger partial charge >= 0.3 is 159 Å². The molecule has 0 saturated heterocycles. The van der Waals surface area contributed by atoms with E-state index in [1.54, 1.807) is 4.35 Å². The zero-order valence-electron chi connectivity index (χ0n) is 15.4. The molecule has 1 atom stereocenters. The fourth-order valence-electron chi connectivity index (χ4n) is 3.35. The Morgan fingerprint density at radius 3 is 1.81 bits per heavy atom. The molecule has 0 radical (unpaired) electrons. The fourth-order valence-corrected chi connectivity index (χ4v) is 6.17. The SMILES string of the molecule is Br.CCCCC[AsH]c1ccccc1C(c1ccccc1)c1ccccc1. The maximum absolute atomic E-state index is 2.38. The quantitative estimate of drug-likeness (QED) is 0.211. The van der Waals surface area contributed by atoms with Gasteiger partial charge in [0, 0.05) is 0 Å². The number of hydrogen-bond donors (Lipinski definition) is 0. The minimum atomic E-state index is -0.0746. The molecule has 0 heterocycles. The van der Waals surface area contributed by atoms with Gasteiger partial charge in [0.15, 0.2) is 0 Å². The Hall–Kier alpha value is -1.30. The Kier molecular flexibility index (Phi) is 9.23. The Morgan fingerprint density at radius 1 is 0.692 bits per heavy atom. The first-order chi connectivity index (χ1) is 12.4. The molecule has 0 aliphatic rings. The summed E-state index contributed by atoms with van der Waals surface area (Å²) in [6.45, 7) is 2.29. The number of unbranched alkanes of at least 4 members (excludes halogenated alkanes) is 2. The van der Waals surface area contributed by atoms with Crippen molar-refractivity contribution in [2.24, 2.45) is 0 Å². The van der Waals surface area contributed by atoms with Crippen LogP contribution in [0.25, 0.3) is 0 Å². The normalized spacial score (nSPS) is 11.0. The second kappa shape index (κ2) is 11.4. The Balaban J connectivity index is 0.00000243. The molecular formula is C24H28AsBr. The van der Waals surface area contributed by atoms with Crippen LogP contribution in [0.1, 0.15) is 48.8 Å². The number of halogens is 1. The molecule has 0 saturated carbocycles. The molecule has 3 aromatic carbocycles. The van der Waals surface area contributed by atoms with Gasteiger partial charge < -0.3 is 0 Å². The molecule has 0 aliphatic carbocycles. The van der Waals surface area contributed by atoms with Crippen LogP contribution in [-0.2, 0) is 0 Å². The van der Waals surface area contributed by atoms with E-state index in [9.17, 15) is 0 Å². The van der Waals surface area contributed by atoms with Gasteiger partial charge in [-0.1, -0.05) is 0 Å². The van der Waals surface area contributed by atoms with E-state index in [1.807, 2.05) is 0 Å². The zero-order valence-corrected chi connectivity index (χ0v) is 19.2. The van der Waals surface area contributed by atoms with Gasteiger partial charge in [0.1, 0.15) is 0 Å². The van der Waals surface area contributed by atoms with E-state index in [2.05, 4.69) is 91.9 Å². The number of hydrogen-bond acceptors (Lipinski definition) is 0. The van der Waals surface area contributed by atoms with E-state index in [4.69, 9.17) is 0 Å². The van der Waals surface area contributed by atoms with Crippen molar-refractivity contribution in [1.82, 2.24) is 0 Å². The average Bonchev–Trinajstić information content (AvgIpc) is 2.68. The van der Waals surface area contributed by atoms with Crippen LogP contribution in [0, 0.1) is 0 Å². The van der Waals surface area contributed by atoms with E-state index in [1.165, 1.54) is 41.2 Å². The van der Waals surface area contributed by atoms with Crippen molar-refractivity contribution >= 4 is 37.1 Å². The summed E-state index contributed by atoms with van der Waals surface area (Å²) in [7, 11) is 0. The molecule has 0 bridgehead atoms. The molecule has 3 aromatic rings. The van der Waals surface area contributed by atoms with Crippen molar-refractivity contribution < 1.29 is 0 Å². The third-order valence-electron chi connectivity index (χ3n) is 4.63. The van der Waals surface area contributed by atoms with Crippen molar-refractivity contribution in [3.05, 3.63) is 102 Å². The zero-order chi connectivity index (χ0) is 17.3. The molecule has 0 spiro atoms. The van der Waals surface area contributed by atoms with E-state index in [-0.39, 0.29) is 32.7 Å². The third-order valence-corrected chi connectivity index (χ3v) is 7.65.